The van der Waals surface area contributed by atoms with Crippen molar-refractivity contribution >= 4 is 21.6 Å². The van der Waals surface area contributed by atoms with E-state index in [4.69, 9.17) is 4.99 Å². The van der Waals surface area contributed by atoms with Crippen LogP contribution in [0.3, 0.4) is 0 Å². The molecule has 1 aliphatic rings. The molecule has 0 saturated heterocycles. The third-order valence-corrected chi connectivity index (χ3v) is 4.82. The molecule has 0 saturated carbocycles. The van der Waals surface area contributed by atoms with Crippen LogP contribution in [0.4, 0.5) is 0 Å². The van der Waals surface area contributed by atoms with E-state index in [0.717, 1.165) is 17.3 Å². The Balaban J connectivity index is 2.02. The van der Waals surface area contributed by atoms with E-state index >= 15 is 0 Å². The minimum Gasteiger partial charge on any atom is -0.281 e. The topological polar surface area (TPSA) is 12.4 Å². The van der Waals surface area contributed by atoms with Gasteiger partial charge in [-0.05, 0) is 54.0 Å². The van der Waals surface area contributed by atoms with Gasteiger partial charge in [-0.25, -0.2) is 0 Å². The first-order chi connectivity index (χ1) is 10.4. The first kappa shape index (κ1) is 15.5. The lowest BCUT2D eigenvalue weighted by atomic mass is 9.73. The Kier molecular flexibility index (Phi) is 4.22. The lowest BCUT2D eigenvalue weighted by Crippen LogP contribution is -2.27. The van der Waals surface area contributed by atoms with Crippen LogP contribution < -0.4 is 0 Å². The Hall–Kier alpha value is -1.41. The van der Waals surface area contributed by atoms with Gasteiger partial charge < -0.3 is 0 Å². The predicted molar refractivity (Wildman–Crippen MR) is 97.6 cm³/mol. The van der Waals surface area contributed by atoms with Crippen LogP contribution in [-0.4, -0.2) is 5.71 Å². The van der Waals surface area contributed by atoms with Crippen LogP contribution in [0.1, 0.15) is 49.9 Å². The summed E-state index contributed by atoms with van der Waals surface area (Å²) in [6, 6.07) is 17.3. The maximum Gasteiger partial charge on any atom is 0.0724 e. The fraction of sp³-hybridized carbons (Fsp3) is 0.350. The molecule has 0 spiro atoms. The summed E-state index contributed by atoms with van der Waals surface area (Å²) in [7, 11) is 0. The van der Waals surface area contributed by atoms with Gasteiger partial charge in [0.2, 0.25) is 0 Å². The number of aliphatic imine (C=N–C) groups is 1. The average molecular weight is 356 g/mol. The Morgan fingerprint density at radius 3 is 2.50 bits per heavy atom. The minimum atomic E-state index is 0.192. The van der Waals surface area contributed by atoms with Crippen LogP contribution >= 0.6 is 15.9 Å². The van der Waals surface area contributed by atoms with E-state index in [1.807, 2.05) is 0 Å². The van der Waals surface area contributed by atoms with Gasteiger partial charge in [0.05, 0.1) is 6.04 Å². The molecular weight excluding hydrogens is 334 g/mol. The monoisotopic (exact) mass is 355 g/mol. The van der Waals surface area contributed by atoms with Crippen molar-refractivity contribution in [1.29, 1.82) is 0 Å². The summed E-state index contributed by atoms with van der Waals surface area (Å²) in [5.74, 6) is 0. The van der Waals surface area contributed by atoms with Gasteiger partial charge in [0.25, 0.3) is 0 Å². The van der Waals surface area contributed by atoms with Gasteiger partial charge in [-0.3, -0.25) is 4.99 Å². The quantitative estimate of drug-likeness (QED) is 0.628. The number of rotatable bonds is 2. The predicted octanol–water partition coefficient (Wildman–Crippen LogP) is 5.97. The Bertz CT molecular complexity index is 701. The Morgan fingerprint density at radius 2 is 1.77 bits per heavy atom. The fourth-order valence-corrected chi connectivity index (χ4v) is 3.61. The minimum absolute atomic E-state index is 0.192. The number of fused-ring (bicyclic) bond motifs is 1. The van der Waals surface area contributed by atoms with Gasteiger partial charge in [-0.1, -0.05) is 66.2 Å². The van der Waals surface area contributed by atoms with Crippen LogP contribution in [0.25, 0.3) is 0 Å². The summed E-state index contributed by atoms with van der Waals surface area (Å²) in [6.07, 6.45) is 2.15. The van der Waals surface area contributed by atoms with Crippen molar-refractivity contribution in [2.45, 2.75) is 39.7 Å². The molecule has 0 fully saturated rings. The van der Waals surface area contributed by atoms with E-state index in [1.165, 1.54) is 22.4 Å². The zero-order valence-electron chi connectivity index (χ0n) is 13.4. The van der Waals surface area contributed by atoms with Gasteiger partial charge in [0.15, 0.2) is 0 Å². The van der Waals surface area contributed by atoms with Gasteiger partial charge in [0, 0.05) is 10.2 Å². The van der Waals surface area contributed by atoms with Crippen molar-refractivity contribution in [2.75, 3.05) is 0 Å². The number of halogens is 1. The van der Waals surface area contributed by atoms with Gasteiger partial charge in [-0.15, -0.1) is 0 Å². The number of benzene rings is 2. The zero-order valence-corrected chi connectivity index (χ0v) is 15.0. The molecule has 114 valence electrons. The highest BCUT2D eigenvalue weighted by Crippen LogP contribution is 2.37. The summed E-state index contributed by atoms with van der Waals surface area (Å²) in [4.78, 5) is 5.08. The third kappa shape index (κ3) is 3.33. The molecule has 2 aromatic carbocycles. The molecule has 1 atom stereocenters. The molecule has 22 heavy (non-hydrogen) atoms. The van der Waals surface area contributed by atoms with Crippen molar-refractivity contribution in [3.63, 3.8) is 0 Å². The number of hydrogen-bond acceptors (Lipinski definition) is 1. The van der Waals surface area contributed by atoms with Crippen LogP contribution in [0.2, 0.25) is 0 Å². The van der Waals surface area contributed by atoms with Crippen LogP contribution in [-0.2, 0) is 6.42 Å². The molecule has 1 unspecified atom stereocenters. The third-order valence-electron chi connectivity index (χ3n) is 4.33. The van der Waals surface area contributed by atoms with E-state index in [9.17, 15) is 0 Å². The molecule has 1 nitrogen and oxygen atoms in total. The smallest absolute Gasteiger partial charge is 0.0724 e. The second-order valence-corrected chi connectivity index (χ2v) is 7.90. The second-order valence-electron chi connectivity index (χ2n) is 6.98. The molecule has 2 heteroatoms. The summed E-state index contributed by atoms with van der Waals surface area (Å²) in [5, 5.41) is 0. The highest BCUT2D eigenvalue weighted by molar-refractivity contribution is 9.10. The molecule has 0 N–H and O–H groups in total. The molecular formula is C20H22BrN. The Morgan fingerprint density at radius 1 is 1.05 bits per heavy atom. The molecule has 0 bridgehead atoms. The van der Waals surface area contributed by atoms with Crippen LogP contribution in [0.5, 0.6) is 0 Å². The van der Waals surface area contributed by atoms with E-state index < -0.39 is 0 Å². The number of nitrogens with zero attached hydrogens (tertiary/aromatic N) is 1. The summed E-state index contributed by atoms with van der Waals surface area (Å²) >= 11 is 3.60. The molecule has 0 amide bonds. The molecule has 1 aliphatic carbocycles. The highest BCUT2D eigenvalue weighted by atomic mass is 79.9. The summed E-state index contributed by atoms with van der Waals surface area (Å²) in [6.45, 7) is 6.85. The van der Waals surface area contributed by atoms with Crippen molar-refractivity contribution < 1.29 is 0 Å². The van der Waals surface area contributed by atoms with Crippen molar-refractivity contribution in [3.05, 3.63) is 69.7 Å². The lowest BCUT2D eigenvalue weighted by Gasteiger charge is -2.33. The Labute approximate surface area is 141 Å². The van der Waals surface area contributed by atoms with Gasteiger partial charge in [-0.2, -0.15) is 0 Å². The SMILES string of the molecule is CC(/N=C1/CC(C)(C)Cc2ccc(Br)cc21)c1ccccc1. The molecule has 0 radical (unpaired) electrons. The largest absolute Gasteiger partial charge is 0.281 e. The average Bonchev–Trinajstić information content (AvgIpc) is 2.48. The lowest BCUT2D eigenvalue weighted by molar-refractivity contribution is 0.372. The standard InChI is InChI=1S/C20H22BrN/c1-14(15-7-5-4-6-8-15)22-19-13-20(2,3)12-16-9-10-17(21)11-18(16)19/h4-11,14H,12-13H2,1-3H3/b22-19-. The van der Waals surface area contributed by atoms with Gasteiger partial charge >= 0.3 is 0 Å². The maximum absolute atomic E-state index is 5.08. The van der Waals surface area contributed by atoms with E-state index in [-0.39, 0.29) is 11.5 Å². The normalized spacial score (nSPS) is 19.7. The molecule has 0 aromatic heterocycles. The maximum atomic E-state index is 5.08. The van der Waals surface area contributed by atoms with Crippen molar-refractivity contribution in [1.82, 2.24) is 0 Å². The first-order valence-corrected chi connectivity index (χ1v) is 8.64. The van der Waals surface area contributed by atoms with E-state index in [0.29, 0.717) is 0 Å². The van der Waals surface area contributed by atoms with E-state index in [2.05, 4.69) is 85.2 Å². The molecule has 0 heterocycles. The summed E-state index contributed by atoms with van der Waals surface area (Å²) < 4.78 is 1.13. The van der Waals surface area contributed by atoms with Crippen molar-refractivity contribution in [3.8, 4) is 0 Å². The van der Waals surface area contributed by atoms with Crippen molar-refractivity contribution in [2.24, 2.45) is 10.4 Å². The molecule has 0 aliphatic heterocycles. The van der Waals surface area contributed by atoms with Crippen LogP contribution in [0, 0.1) is 5.41 Å². The first-order valence-electron chi connectivity index (χ1n) is 7.85. The second kappa shape index (κ2) is 6.00. The number of hydrogen-bond donors (Lipinski definition) is 0. The van der Waals surface area contributed by atoms with Gasteiger partial charge in [0.1, 0.15) is 0 Å². The summed E-state index contributed by atoms with van der Waals surface area (Å²) in [5.41, 5.74) is 5.52. The van der Waals surface area contributed by atoms with Crippen LogP contribution in [0.15, 0.2) is 58.0 Å². The molecule has 3 rings (SSSR count). The fourth-order valence-electron chi connectivity index (χ4n) is 3.25. The zero-order chi connectivity index (χ0) is 15.7. The molecule has 2 aromatic rings. The van der Waals surface area contributed by atoms with E-state index in [1.54, 1.807) is 0 Å². The highest BCUT2D eigenvalue weighted by Gasteiger charge is 2.29.